The average Bonchev–Trinajstić information content (AvgIpc) is 2.37. The Labute approximate surface area is 107 Å². The Morgan fingerprint density at radius 3 is 2.89 bits per heavy atom. The first-order valence-electron chi connectivity index (χ1n) is 6.29. The molecule has 0 aliphatic carbocycles. The molecule has 18 heavy (non-hydrogen) atoms. The van der Waals surface area contributed by atoms with E-state index in [1.807, 2.05) is 6.92 Å². The zero-order valence-electron chi connectivity index (χ0n) is 11.0. The fraction of sp³-hybridized carbons (Fsp3) is 0.833. The molecule has 2 N–H and O–H groups in total. The van der Waals surface area contributed by atoms with E-state index >= 15 is 0 Å². The summed E-state index contributed by atoms with van der Waals surface area (Å²) in [5, 5.41) is 11.5. The highest BCUT2D eigenvalue weighted by Gasteiger charge is 2.27. The summed E-state index contributed by atoms with van der Waals surface area (Å²) in [6, 6.07) is -0.225. The summed E-state index contributed by atoms with van der Waals surface area (Å²) in [6.07, 6.45) is 2.10. The maximum Gasteiger partial charge on any atom is 0.322 e. The number of carboxylic acids is 1. The molecule has 2 unspecified atom stereocenters. The van der Waals surface area contributed by atoms with Crippen LogP contribution in [0.5, 0.6) is 0 Å². The average molecular weight is 258 g/mol. The standard InChI is InChI=1S/C12H22N2O4/c1-9(12(17)18-2)14-5-3-4-10(8-14)6-13-7-11(15)16/h9-10,13H,3-8H2,1-2H3,(H,15,16). The lowest BCUT2D eigenvalue weighted by molar-refractivity contribution is -0.147. The Kier molecular flexibility index (Phi) is 6.07. The minimum atomic E-state index is -0.842. The summed E-state index contributed by atoms with van der Waals surface area (Å²) in [5.41, 5.74) is 0. The van der Waals surface area contributed by atoms with Crippen LogP contribution in [0.2, 0.25) is 0 Å². The molecule has 1 rings (SSSR count). The first-order chi connectivity index (χ1) is 8.54. The first-order valence-corrected chi connectivity index (χ1v) is 6.29. The van der Waals surface area contributed by atoms with Gasteiger partial charge >= 0.3 is 11.9 Å². The van der Waals surface area contributed by atoms with Crippen LogP contribution in [0.15, 0.2) is 0 Å². The molecule has 0 spiro atoms. The maximum absolute atomic E-state index is 11.5. The van der Waals surface area contributed by atoms with Crippen LogP contribution >= 0.6 is 0 Å². The maximum atomic E-state index is 11.5. The van der Waals surface area contributed by atoms with Crippen molar-refractivity contribution in [3.63, 3.8) is 0 Å². The summed E-state index contributed by atoms with van der Waals surface area (Å²) in [7, 11) is 1.40. The van der Waals surface area contributed by atoms with E-state index in [1.165, 1.54) is 7.11 Å². The molecule has 0 saturated carbocycles. The summed E-state index contributed by atoms with van der Waals surface area (Å²) in [5.74, 6) is -0.662. The van der Waals surface area contributed by atoms with Crippen LogP contribution in [0, 0.1) is 5.92 Å². The molecule has 0 bridgehead atoms. The molecule has 1 heterocycles. The molecule has 0 aromatic rings. The van der Waals surface area contributed by atoms with Gasteiger partial charge in [0.05, 0.1) is 13.7 Å². The van der Waals surface area contributed by atoms with Gasteiger partial charge in [-0.2, -0.15) is 0 Å². The fourth-order valence-corrected chi connectivity index (χ4v) is 2.32. The molecule has 6 nitrogen and oxygen atoms in total. The number of esters is 1. The lowest BCUT2D eigenvalue weighted by Gasteiger charge is -2.35. The largest absolute Gasteiger partial charge is 0.480 e. The molecule has 1 aliphatic rings. The number of carbonyl (C=O) groups excluding carboxylic acids is 1. The van der Waals surface area contributed by atoms with Gasteiger partial charge in [-0.3, -0.25) is 14.5 Å². The van der Waals surface area contributed by atoms with Crippen molar-refractivity contribution in [2.75, 3.05) is 33.3 Å². The van der Waals surface area contributed by atoms with E-state index in [-0.39, 0.29) is 18.6 Å². The predicted molar refractivity (Wildman–Crippen MR) is 66.3 cm³/mol. The topological polar surface area (TPSA) is 78.9 Å². The number of carboxylic acid groups (broad SMARTS) is 1. The van der Waals surface area contributed by atoms with E-state index in [0.717, 1.165) is 25.9 Å². The lowest BCUT2D eigenvalue weighted by Crippen LogP contribution is -2.47. The number of rotatable bonds is 6. The SMILES string of the molecule is COC(=O)C(C)N1CCCC(CNCC(=O)O)C1. The second-order valence-corrected chi connectivity index (χ2v) is 4.73. The van der Waals surface area contributed by atoms with Crippen molar-refractivity contribution < 1.29 is 19.4 Å². The minimum absolute atomic E-state index is 0.0109. The normalized spacial score (nSPS) is 22.4. The van der Waals surface area contributed by atoms with Gasteiger partial charge in [0.15, 0.2) is 0 Å². The number of piperidine rings is 1. The van der Waals surface area contributed by atoms with Gasteiger partial charge in [-0.25, -0.2) is 0 Å². The second-order valence-electron chi connectivity index (χ2n) is 4.73. The van der Waals surface area contributed by atoms with Crippen molar-refractivity contribution in [1.29, 1.82) is 0 Å². The molecule has 0 radical (unpaired) electrons. The van der Waals surface area contributed by atoms with Crippen LogP contribution in [0.4, 0.5) is 0 Å². The smallest absolute Gasteiger partial charge is 0.322 e. The number of likely N-dealkylation sites (tertiary alicyclic amines) is 1. The first kappa shape index (κ1) is 14.9. The van der Waals surface area contributed by atoms with Crippen LogP contribution < -0.4 is 5.32 Å². The van der Waals surface area contributed by atoms with Crippen molar-refractivity contribution in [2.24, 2.45) is 5.92 Å². The van der Waals surface area contributed by atoms with Crippen molar-refractivity contribution in [2.45, 2.75) is 25.8 Å². The van der Waals surface area contributed by atoms with Crippen molar-refractivity contribution in [3.8, 4) is 0 Å². The molecular weight excluding hydrogens is 236 g/mol. The van der Waals surface area contributed by atoms with E-state index in [4.69, 9.17) is 9.84 Å². The highest BCUT2D eigenvalue weighted by molar-refractivity contribution is 5.75. The molecule has 2 atom stereocenters. The van der Waals surface area contributed by atoms with E-state index < -0.39 is 5.97 Å². The van der Waals surface area contributed by atoms with Gasteiger partial charge in [-0.1, -0.05) is 0 Å². The molecule has 0 aromatic heterocycles. The van der Waals surface area contributed by atoms with Crippen LogP contribution in [-0.2, 0) is 14.3 Å². The monoisotopic (exact) mass is 258 g/mol. The third-order valence-corrected chi connectivity index (χ3v) is 3.35. The van der Waals surface area contributed by atoms with Crippen LogP contribution in [0.25, 0.3) is 0 Å². The predicted octanol–water partition coefficient (Wildman–Crippen LogP) is -0.0659. The highest BCUT2D eigenvalue weighted by atomic mass is 16.5. The number of carbonyl (C=O) groups is 2. The van der Waals surface area contributed by atoms with Crippen LogP contribution in [0.3, 0.4) is 0 Å². The number of aliphatic carboxylic acids is 1. The van der Waals surface area contributed by atoms with Crippen molar-refractivity contribution in [3.05, 3.63) is 0 Å². The minimum Gasteiger partial charge on any atom is -0.480 e. The van der Waals surface area contributed by atoms with E-state index in [2.05, 4.69) is 10.2 Å². The summed E-state index contributed by atoms with van der Waals surface area (Å²) < 4.78 is 4.74. The molecule has 0 aromatic carbocycles. The molecule has 104 valence electrons. The summed E-state index contributed by atoms with van der Waals surface area (Å²) in [4.78, 5) is 24.0. The zero-order chi connectivity index (χ0) is 13.5. The third kappa shape index (κ3) is 4.62. The van der Waals surface area contributed by atoms with Gasteiger partial charge < -0.3 is 15.2 Å². The van der Waals surface area contributed by atoms with Crippen molar-refractivity contribution in [1.82, 2.24) is 10.2 Å². The van der Waals surface area contributed by atoms with Gasteiger partial charge in [-0.15, -0.1) is 0 Å². The Balaban J connectivity index is 2.36. The zero-order valence-corrected chi connectivity index (χ0v) is 11.0. The van der Waals surface area contributed by atoms with Gasteiger partial charge in [0.25, 0.3) is 0 Å². The number of hydrogen-bond acceptors (Lipinski definition) is 5. The molecule has 1 aliphatic heterocycles. The van der Waals surface area contributed by atoms with Crippen LogP contribution in [0.1, 0.15) is 19.8 Å². The fourth-order valence-electron chi connectivity index (χ4n) is 2.32. The Bertz CT molecular complexity index is 296. The van der Waals surface area contributed by atoms with Gasteiger partial charge in [-0.05, 0) is 38.8 Å². The van der Waals surface area contributed by atoms with Gasteiger partial charge in [0, 0.05) is 6.54 Å². The quantitative estimate of drug-likeness (QED) is 0.650. The van der Waals surface area contributed by atoms with Gasteiger partial charge in [0.1, 0.15) is 6.04 Å². The number of methoxy groups -OCH3 is 1. The van der Waals surface area contributed by atoms with Crippen molar-refractivity contribution >= 4 is 11.9 Å². The summed E-state index contributed by atoms with van der Waals surface area (Å²) in [6.45, 7) is 4.22. The second kappa shape index (κ2) is 7.33. The van der Waals surface area contributed by atoms with Crippen LogP contribution in [-0.4, -0.2) is 61.3 Å². The Morgan fingerprint density at radius 1 is 1.56 bits per heavy atom. The van der Waals surface area contributed by atoms with E-state index in [1.54, 1.807) is 0 Å². The molecule has 0 amide bonds. The number of nitrogens with one attached hydrogen (secondary N) is 1. The third-order valence-electron chi connectivity index (χ3n) is 3.35. The number of hydrogen-bond donors (Lipinski definition) is 2. The molecule has 1 saturated heterocycles. The highest BCUT2D eigenvalue weighted by Crippen LogP contribution is 2.18. The molecule has 6 heteroatoms. The number of ether oxygens (including phenoxy) is 1. The Hall–Kier alpha value is -1.14. The van der Waals surface area contributed by atoms with E-state index in [9.17, 15) is 9.59 Å². The summed E-state index contributed by atoms with van der Waals surface area (Å²) >= 11 is 0. The van der Waals surface area contributed by atoms with Gasteiger partial charge in [0.2, 0.25) is 0 Å². The lowest BCUT2D eigenvalue weighted by atomic mass is 9.97. The Morgan fingerprint density at radius 2 is 2.28 bits per heavy atom. The molecular formula is C12H22N2O4. The molecule has 1 fully saturated rings. The number of nitrogens with zero attached hydrogens (tertiary/aromatic N) is 1. The van der Waals surface area contributed by atoms with E-state index in [0.29, 0.717) is 12.5 Å².